The molecule has 0 bridgehead atoms. The Hall–Kier alpha value is -2.62. The zero-order chi connectivity index (χ0) is 15.2. The van der Waals surface area contributed by atoms with E-state index >= 15 is 0 Å². The number of aromatic hydroxyl groups is 1. The quantitative estimate of drug-likeness (QED) is 0.668. The molecule has 0 aliphatic rings. The van der Waals surface area contributed by atoms with Crippen LogP contribution in [0.4, 0.5) is 0 Å². The highest BCUT2D eigenvalue weighted by Gasteiger charge is 2.06. The van der Waals surface area contributed by atoms with Crippen LogP contribution in [0.15, 0.2) is 53.6 Å². The highest BCUT2D eigenvalue weighted by Crippen LogP contribution is 2.10. The second kappa shape index (κ2) is 6.70. The summed E-state index contributed by atoms with van der Waals surface area (Å²) in [6.45, 7) is 4.02. The first-order valence-electron chi connectivity index (χ1n) is 6.83. The Kier molecular flexibility index (Phi) is 4.72. The Morgan fingerprint density at radius 3 is 2.19 bits per heavy atom. The molecule has 4 heteroatoms. The van der Waals surface area contributed by atoms with E-state index in [-0.39, 0.29) is 11.7 Å². The molecule has 0 aromatic heterocycles. The number of aryl methyl sites for hydroxylation is 1. The fourth-order valence-corrected chi connectivity index (χ4v) is 1.89. The molecule has 0 saturated carbocycles. The van der Waals surface area contributed by atoms with Crippen LogP contribution in [0.1, 0.15) is 34.8 Å². The number of nitrogens with one attached hydrogen (secondary N) is 1. The molecule has 108 valence electrons. The molecule has 0 spiro atoms. The molecule has 1 amide bonds. The molecule has 2 aromatic carbocycles. The molecular weight excluding hydrogens is 264 g/mol. The van der Waals surface area contributed by atoms with Crippen molar-refractivity contribution in [3.63, 3.8) is 0 Å². The normalized spacial score (nSPS) is 11.2. The summed E-state index contributed by atoms with van der Waals surface area (Å²) in [5.74, 6) is -0.169. The first-order valence-corrected chi connectivity index (χ1v) is 6.83. The molecule has 0 heterocycles. The van der Waals surface area contributed by atoms with Crippen LogP contribution in [-0.2, 0) is 0 Å². The molecule has 4 nitrogen and oxygen atoms in total. The van der Waals surface area contributed by atoms with Crippen LogP contribution in [0.25, 0.3) is 0 Å². The van der Waals surface area contributed by atoms with Gasteiger partial charge in [-0.2, -0.15) is 5.10 Å². The number of hydrazone groups is 1. The van der Waals surface area contributed by atoms with E-state index in [0.717, 1.165) is 17.7 Å². The van der Waals surface area contributed by atoms with E-state index in [1.54, 1.807) is 12.1 Å². The maximum atomic E-state index is 12.0. The number of carbonyl (C=O) groups is 1. The first kappa shape index (κ1) is 14.8. The molecule has 0 fully saturated rings. The number of hydrogen-bond donors (Lipinski definition) is 2. The van der Waals surface area contributed by atoms with Gasteiger partial charge in [-0.25, -0.2) is 5.43 Å². The van der Waals surface area contributed by atoms with Crippen molar-refractivity contribution in [3.8, 4) is 5.75 Å². The van der Waals surface area contributed by atoms with Crippen molar-refractivity contribution in [2.75, 3.05) is 0 Å². The maximum Gasteiger partial charge on any atom is 0.271 e. The SMILES string of the molecule is CCC(=NNC(=O)c1ccc(O)cc1)c1ccc(C)cc1. The lowest BCUT2D eigenvalue weighted by molar-refractivity contribution is 0.0955. The summed E-state index contributed by atoms with van der Waals surface area (Å²) in [4.78, 5) is 12.0. The standard InChI is InChI=1S/C17H18N2O2/c1-3-16(13-6-4-12(2)5-7-13)18-19-17(21)14-8-10-15(20)11-9-14/h4-11,20H,3H2,1-2H3,(H,19,21). The lowest BCUT2D eigenvalue weighted by Crippen LogP contribution is -2.19. The molecule has 0 aliphatic carbocycles. The van der Waals surface area contributed by atoms with Crippen LogP contribution in [0.2, 0.25) is 0 Å². The van der Waals surface area contributed by atoms with Crippen molar-refractivity contribution in [1.29, 1.82) is 0 Å². The Morgan fingerprint density at radius 2 is 1.62 bits per heavy atom. The van der Waals surface area contributed by atoms with Crippen LogP contribution in [0.5, 0.6) is 5.75 Å². The maximum absolute atomic E-state index is 12.0. The highest BCUT2D eigenvalue weighted by molar-refractivity contribution is 6.02. The van der Waals surface area contributed by atoms with Gasteiger partial charge in [0.25, 0.3) is 5.91 Å². The molecule has 2 rings (SSSR count). The molecule has 2 aromatic rings. The third kappa shape index (κ3) is 3.92. The topological polar surface area (TPSA) is 61.7 Å². The van der Waals surface area contributed by atoms with Gasteiger partial charge < -0.3 is 5.11 Å². The Morgan fingerprint density at radius 1 is 1.05 bits per heavy atom. The highest BCUT2D eigenvalue weighted by atomic mass is 16.3. The van der Waals surface area contributed by atoms with Gasteiger partial charge in [0.2, 0.25) is 0 Å². The summed E-state index contributed by atoms with van der Waals surface area (Å²) in [5.41, 5.74) is 6.00. The van der Waals surface area contributed by atoms with Gasteiger partial charge in [0, 0.05) is 5.56 Å². The van der Waals surface area contributed by atoms with Crippen molar-refractivity contribution < 1.29 is 9.90 Å². The number of carbonyl (C=O) groups excluding carboxylic acids is 1. The average molecular weight is 282 g/mol. The monoisotopic (exact) mass is 282 g/mol. The van der Waals surface area contributed by atoms with Crippen molar-refractivity contribution >= 4 is 11.6 Å². The molecule has 0 unspecified atom stereocenters. The largest absolute Gasteiger partial charge is 0.508 e. The van der Waals surface area contributed by atoms with Gasteiger partial charge >= 0.3 is 0 Å². The second-order valence-electron chi connectivity index (χ2n) is 4.77. The first-order chi connectivity index (χ1) is 10.1. The van der Waals surface area contributed by atoms with Crippen LogP contribution in [-0.4, -0.2) is 16.7 Å². The molecule has 0 saturated heterocycles. The summed E-state index contributed by atoms with van der Waals surface area (Å²) in [7, 11) is 0. The van der Waals surface area contributed by atoms with Crippen LogP contribution in [0.3, 0.4) is 0 Å². The van der Waals surface area contributed by atoms with Crippen molar-refractivity contribution in [1.82, 2.24) is 5.43 Å². The van der Waals surface area contributed by atoms with Crippen molar-refractivity contribution in [2.45, 2.75) is 20.3 Å². The van der Waals surface area contributed by atoms with Crippen molar-refractivity contribution in [3.05, 3.63) is 65.2 Å². The van der Waals surface area contributed by atoms with E-state index in [2.05, 4.69) is 10.5 Å². The van der Waals surface area contributed by atoms with Crippen LogP contribution in [0, 0.1) is 6.92 Å². The summed E-state index contributed by atoms with van der Waals surface area (Å²) in [6, 6.07) is 14.1. The molecule has 0 radical (unpaired) electrons. The lowest BCUT2D eigenvalue weighted by Gasteiger charge is -2.06. The summed E-state index contributed by atoms with van der Waals surface area (Å²) < 4.78 is 0. The van der Waals surface area contributed by atoms with E-state index in [1.807, 2.05) is 38.1 Å². The third-order valence-electron chi connectivity index (χ3n) is 3.14. The number of phenolic OH excluding ortho intramolecular Hbond substituents is 1. The molecule has 21 heavy (non-hydrogen) atoms. The van der Waals surface area contributed by atoms with Gasteiger partial charge in [0.1, 0.15) is 5.75 Å². The van der Waals surface area contributed by atoms with E-state index in [0.29, 0.717) is 5.56 Å². The Labute approximate surface area is 124 Å². The van der Waals surface area contributed by atoms with Crippen LogP contribution < -0.4 is 5.43 Å². The van der Waals surface area contributed by atoms with Gasteiger partial charge in [-0.05, 0) is 43.2 Å². The minimum Gasteiger partial charge on any atom is -0.508 e. The zero-order valence-corrected chi connectivity index (χ0v) is 12.1. The smallest absolute Gasteiger partial charge is 0.271 e. The number of rotatable bonds is 4. The summed E-state index contributed by atoms with van der Waals surface area (Å²) in [5, 5.41) is 13.4. The van der Waals surface area contributed by atoms with E-state index < -0.39 is 0 Å². The van der Waals surface area contributed by atoms with Crippen LogP contribution >= 0.6 is 0 Å². The molecule has 2 N–H and O–H groups in total. The predicted octanol–water partition coefficient (Wildman–Crippen LogP) is 3.24. The van der Waals surface area contributed by atoms with Gasteiger partial charge in [-0.1, -0.05) is 36.8 Å². The number of nitrogens with zero attached hydrogens (tertiary/aromatic N) is 1. The number of phenols is 1. The molecule has 0 atom stereocenters. The minimum atomic E-state index is -0.298. The molecule has 0 aliphatic heterocycles. The summed E-state index contributed by atoms with van der Waals surface area (Å²) in [6.07, 6.45) is 0.721. The van der Waals surface area contributed by atoms with Gasteiger partial charge in [-0.3, -0.25) is 4.79 Å². The third-order valence-corrected chi connectivity index (χ3v) is 3.14. The van der Waals surface area contributed by atoms with Gasteiger partial charge in [0.15, 0.2) is 0 Å². The number of hydrogen-bond acceptors (Lipinski definition) is 3. The number of amides is 1. The second-order valence-corrected chi connectivity index (χ2v) is 4.77. The molecular formula is C17H18N2O2. The minimum absolute atomic E-state index is 0.129. The fraction of sp³-hybridized carbons (Fsp3) is 0.176. The van der Waals surface area contributed by atoms with E-state index in [9.17, 15) is 9.90 Å². The average Bonchev–Trinajstić information content (AvgIpc) is 2.50. The fourth-order valence-electron chi connectivity index (χ4n) is 1.89. The Balaban J connectivity index is 2.12. The number of benzene rings is 2. The van der Waals surface area contributed by atoms with Gasteiger partial charge in [0.05, 0.1) is 5.71 Å². The predicted molar refractivity (Wildman–Crippen MR) is 83.6 cm³/mol. The lowest BCUT2D eigenvalue weighted by atomic mass is 10.1. The van der Waals surface area contributed by atoms with Crippen molar-refractivity contribution in [2.24, 2.45) is 5.10 Å². The summed E-state index contributed by atoms with van der Waals surface area (Å²) >= 11 is 0. The Bertz CT molecular complexity index is 643. The van der Waals surface area contributed by atoms with Gasteiger partial charge in [-0.15, -0.1) is 0 Å². The zero-order valence-electron chi connectivity index (χ0n) is 12.1. The van der Waals surface area contributed by atoms with E-state index in [1.165, 1.54) is 17.7 Å². The van der Waals surface area contributed by atoms with E-state index in [4.69, 9.17) is 0 Å².